The van der Waals surface area contributed by atoms with Gasteiger partial charge in [0.05, 0.1) is 6.21 Å². The van der Waals surface area contributed by atoms with Crippen LogP contribution >= 0.6 is 0 Å². The predicted octanol–water partition coefficient (Wildman–Crippen LogP) is 4.94. The summed E-state index contributed by atoms with van der Waals surface area (Å²) in [7, 11) is 0. The van der Waals surface area contributed by atoms with Crippen molar-refractivity contribution in [3.63, 3.8) is 0 Å². The second-order valence-electron chi connectivity index (χ2n) is 5.62. The van der Waals surface area contributed by atoms with Crippen molar-refractivity contribution < 1.29 is 30.7 Å². The van der Waals surface area contributed by atoms with Gasteiger partial charge in [0.15, 0.2) is 0 Å². The summed E-state index contributed by atoms with van der Waals surface area (Å²) >= 11 is 0. The molecule has 2 aromatic rings. The van der Waals surface area contributed by atoms with Gasteiger partial charge in [-0.3, -0.25) is 0 Å². The zero-order chi connectivity index (χ0) is 19.0. The summed E-state index contributed by atoms with van der Waals surface area (Å²) in [6, 6.07) is 1.25. The molecule has 25 heavy (non-hydrogen) atoms. The molecule has 0 fully saturated rings. The highest BCUT2D eigenvalue weighted by atomic mass is 19.4. The van der Waals surface area contributed by atoms with Crippen LogP contribution in [0.4, 0.5) is 30.7 Å². The first kappa shape index (κ1) is 19.1. The van der Waals surface area contributed by atoms with Crippen LogP contribution in [-0.2, 0) is 0 Å². The number of hydrogen-bond acceptors (Lipinski definition) is 2. The molecule has 2 rings (SSSR count). The van der Waals surface area contributed by atoms with Crippen LogP contribution in [0.1, 0.15) is 25.5 Å². The molecule has 0 unspecified atom stereocenters. The number of halogens is 7. The van der Waals surface area contributed by atoms with E-state index in [0.717, 1.165) is 11.7 Å². The molecule has 0 aliphatic heterocycles. The smallest absolute Gasteiger partial charge is 0.344 e. The number of rotatable bonds is 5. The fourth-order valence-electron chi connectivity index (χ4n) is 2.19. The summed E-state index contributed by atoms with van der Waals surface area (Å²) in [5.41, 5.74) is 1.65. The van der Waals surface area contributed by atoms with E-state index in [4.69, 9.17) is 0 Å². The van der Waals surface area contributed by atoms with Gasteiger partial charge in [0.25, 0.3) is 0 Å². The van der Waals surface area contributed by atoms with E-state index in [1.807, 2.05) is 13.8 Å². The van der Waals surface area contributed by atoms with Crippen LogP contribution in [0, 0.1) is 0 Å². The van der Waals surface area contributed by atoms with Gasteiger partial charge in [-0.2, -0.15) is 35.8 Å². The van der Waals surface area contributed by atoms with E-state index in [0.29, 0.717) is 16.4 Å². The maximum atomic E-state index is 13.1. The maximum Gasteiger partial charge on any atom is 0.462 e. The standard InChI is InChI=1S/C15H14F7N3/c1-9(2)25-8-10(11-5-3-4-6-12(11)25)7-23-24-15(21,22)13(16,17)14(18,19)20/h3-9,24H,1-2H3/b23-7-. The van der Waals surface area contributed by atoms with Gasteiger partial charge in [-0.1, -0.05) is 18.2 Å². The van der Waals surface area contributed by atoms with Gasteiger partial charge in [0.2, 0.25) is 0 Å². The number of para-hydroxylation sites is 1. The van der Waals surface area contributed by atoms with Crippen molar-refractivity contribution in [1.29, 1.82) is 0 Å². The summed E-state index contributed by atoms with van der Waals surface area (Å²) in [4.78, 5) is 0. The molecule has 1 aromatic carbocycles. The lowest BCUT2D eigenvalue weighted by Gasteiger charge is -2.27. The van der Waals surface area contributed by atoms with Crippen LogP contribution in [0.5, 0.6) is 0 Å². The average Bonchev–Trinajstić information content (AvgIpc) is 2.85. The number of fused-ring (bicyclic) bond motifs is 1. The molecule has 138 valence electrons. The molecular formula is C15H14F7N3. The lowest BCUT2D eigenvalue weighted by molar-refractivity contribution is -0.361. The third kappa shape index (κ3) is 3.42. The molecule has 1 aromatic heterocycles. The molecular weight excluding hydrogens is 355 g/mol. The normalized spacial score (nSPS) is 14.0. The largest absolute Gasteiger partial charge is 0.462 e. The third-order valence-electron chi connectivity index (χ3n) is 3.49. The van der Waals surface area contributed by atoms with Crippen LogP contribution in [0.15, 0.2) is 35.6 Å². The molecule has 1 heterocycles. The Labute approximate surface area is 138 Å². The molecule has 0 aliphatic rings. The van der Waals surface area contributed by atoms with Gasteiger partial charge in [0, 0.05) is 28.7 Å². The van der Waals surface area contributed by atoms with Crippen LogP contribution in [0.2, 0.25) is 0 Å². The number of nitrogens with zero attached hydrogens (tertiary/aromatic N) is 2. The van der Waals surface area contributed by atoms with Crippen molar-refractivity contribution in [2.75, 3.05) is 0 Å². The average molecular weight is 369 g/mol. The molecule has 0 aliphatic carbocycles. The summed E-state index contributed by atoms with van der Waals surface area (Å²) in [5.74, 6) is -6.26. The predicted molar refractivity (Wildman–Crippen MR) is 79.0 cm³/mol. The van der Waals surface area contributed by atoms with Gasteiger partial charge in [0.1, 0.15) is 0 Å². The summed E-state index contributed by atoms with van der Waals surface area (Å²) in [5, 5.41) is 3.49. The minimum absolute atomic E-state index is 0.0102. The fraction of sp³-hybridized carbons (Fsp3) is 0.400. The molecule has 0 radical (unpaired) electrons. The Hall–Kier alpha value is -2.26. The Balaban J connectivity index is 2.30. The minimum atomic E-state index is -6.41. The van der Waals surface area contributed by atoms with Gasteiger partial charge in [-0.15, -0.1) is 0 Å². The number of hydrogen-bond donors (Lipinski definition) is 1. The summed E-state index contributed by atoms with van der Waals surface area (Å²) in [6.45, 7) is 3.73. The van der Waals surface area contributed by atoms with Crippen molar-refractivity contribution in [2.45, 2.75) is 38.0 Å². The molecule has 0 saturated heterocycles. The van der Waals surface area contributed by atoms with E-state index in [1.165, 1.54) is 0 Å². The molecule has 1 N–H and O–H groups in total. The van der Waals surface area contributed by atoms with Gasteiger partial charge < -0.3 is 4.57 Å². The van der Waals surface area contributed by atoms with Crippen LogP contribution in [-0.4, -0.2) is 28.9 Å². The Morgan fingerprint density at radius 3 is 2.20 bits per heavy atom. The van der Waals surface area contributed by atoms with Crippen molar-refractivity contribution in [2.24, 2.45) is 5.10 Å². The van der Waals surface area contributed by atoms with E-state index in [2.05, 4.69) is 5.10 Å². The van der Waals surface area contributed by atoms with E-state index in [9.17, 15) is 30.7 Å². The van der Waals surface area contributed by atoms with Crippen molar-refractivity contribution in [3.05, 3.63) is 36.0 Å². The lowest BCUT2D eigenvalue weighted by atomic mass is 10.2. The molecule has 0 bridgehead atoms. The van der Waals surface area contributed by atoms with Crippen molar-refractivity contribution in [3.8, 4) is 0 Å². The minimum Gasteiger partial charge on any atom is -0.344 e. The number of nitrogens with one attached hydrogen (secondary N) is 1. The number of hydrazone groups is 1. The number of aromatic nitrogens is 1. The number of alkyl halides is 7. The third-order valence-corrected chi connectivity index (χ3v) is 3.49. The van der Waals surface area contributed by atoms with Crippen molar-refractivity contribution in [1.82, 2.24) is 9.99 Å². The molecule has 10 heteroatoms. The highest BCUT2D eigenvalue weighted by Crippen LogP contribution is 2.45. The Morgan fingerprint density at radius 1 is 1.04 bits per heavy atom. The summed E-state index contributed by atoms with van der Waals surface area (Å²) < 4.78 is 89.8. The number of benzene rings is 1. The summed E-state index contributed by atoms with van der Waals surface area (Å²) in [6.07, 6.45) is -4.09. The zero-order valence-corrected chi connectivity index (χ0v) is 13.1. The van der Waals surface area contributed by atoms with Crippen molar-refractivity contribution >= 4 is 17.1 Å². The molecule has 3 nitrogen and oxygen atoms in total. The van der Waals surface area contributed by atoms with Crippen LogP contribution in [0.3, 0.4) is 0 Å². The van der Waals surface area contributed by atoms with Crippen LogP contribution in [0.25, 0.3) is 10.9 Å². The van der Waals surface area contributed by atoms with E-state index < -0.39 is 18.1 Å². The van der Waals surface area contributed by atoms with E-state index in [-0.39, 0.29) is 6.04 Å². The first-order chi connectivity index (χ1) is 11.4. The molecule has 0 amide bonds. The topological polar surface area (TPSA) is 29.3 Å². The second kappa shape index (κ2) is 6.23. The zero-order valence-electron chi connectivity index (χ0n) is 13.1. The lowest BCUT2D eigenvalue weighted by Crippen LogP contribution is -2.58. The maximum absolute atomic E-state index is 13.1. The van der Waals surface area contributed by atoms with Gasteiger partial charge in [-0.05, 0) is 19.9 Å². The fourth-order valence-corrected chi connectivity index (χ4v) is 2.19. The molecule has 0 atom stereocenters. The van der Waals surface area contributed by atoms with E-state index >= 15 is 0 Å². The van der Waals surface area contributed by atoms with Gasteiger partial charge >= 0.3 is 18.1 Å². The highest BCUT2D eigenvalue weighted by molar-refractivity contribution is 5.99. The second-order valence-corrected chi connectivity index (χ2v) is 5.62. The quantitative estimate of drug-likeness (QED) is 0.344. The Kier molecular flexibility index (Phi) is 4.75. The first-order valence-electron chi connectivity index (χ1n) is 7.10. The SMILES string of the molecule is CC(C)n1cc(/C=N\NC(F)(F)C(F)(F)C(F)(F)F)c2ccccc21. The Morgan fingerprint density at radius 2 is 1.64 bits per heavy atom. The molecule has 0 saturated carbocycles. The van der Waals surface area contributed by atoms with Crippen LogP contribution < -0.4 is 5.43 Å². The van der Waals surface area contributed by atoms with Gasteiger partial charge in [-0.25, -0.2) is 5.43 Å². The van der Waals surface area contributed by atoms with E-state index in [1.54, 1.807) is 35.0 Å². The Bertz CT molecular complexity index is 775. The molecule has 0 spiro atoms. The first-order valence-corrected chi connectivity index (χ1v) is 7.10. The highest BCUT2D eigenvalue weighted by Gasteiger charge is 2.73. The monoisotopic (exact) mass is 369 g/mol.